The van der Waals surface area contributed by atoms with E-state index in [1.807, 2.05) is 54.6 Å². The van der Waals surface area contributed by atoms with Crippen molar-refractivity contribution in [2.45, 2.75) is 13.0 Å². The van der Waals surface area contributed by atoms with Crippen molar-refractivity contribution in [3.63, 3.8) is 0 Å². The van der Waals surface area contributed by atoms with Gasteiger partial charge in [0.2, 0.25) is 0 Å². The molecule has 0 saturated carbocycles. The van der Waals surface area contributed by atoms with Gasteiger partial charge in [0.05, 0.1) is 5.52 Å². The minimum Gasteiger partial charge on any atom is -0.445 e. The van der Waals surface area contributed by atoms with Crippen LogP contribution in [0.25, 0.3) is 17.0 Å². The van der Waals surface area contributed by atoms with Gasteiger partial charge in [-0.2, -0.15) is 0 Å². The molecule has 0 bridgehead atoms. The van der Waals surface area contributed by atoms with Gasteiger partial charge in [0.1, 0.15) is 6.61 Å². The van der Waals surface area contributed by atoms with Crippen LogP contribution in [-0.4, -0.2) is 17.6 Å². The maximum Gasteiger partial charge on any atom is 0.407 e. The summed E-state index contributed by atoms with van der Waals surface area (Å²) in [4.78, 5) is 26.6. The minimum atomic E-state index is -0.434. The van der Waals surface area contributed by atoms with E-state index < -0.39 is 6.09 Å². The number of carbonyl (C=O) groups excluding carboxylic acids is 1. The first kappa shape index (κ1) is 17.5. The molecule has 0 unspecified atom stereocenters. The number of para-hydroxylation sites is 1. The summed E-state index contributed by atoms with van der Waals surface area (Å²) >= 11 is 0. The van der Waals surface area contributed by atoms with Crippen molar-refractivity contribution in [3.8, 4) is 0 Å². The van der Waals surface area contributed by atoms with Gasteiger partial charge in [0.15, 0.2) is 5.43 Å². The van der Waals surface area contributed by atoms with Crippen molar-refractivity contribution in [3.05, 3.63) is 88.2 Å². The second-order valence-corrected chi connectivity index (χ2v) is 5.79. The number of nitrogens with one attached hydrogen (secondary N) is 2. The third-order valence-corrected chi connectivity index (χ3v) is 3.92. The van der Waals surface area contributed by atoms with Gasteiger partial charge in [-0.25, -0.2) is 4.79 Å². The van der Waals surface area contributed by atoms with Crippen LogP contribution in [0, 0.1) is 0 Å². The van der Waals surface area contributed by atoms with Crippen LogP contribution in [0.5, 0.6) is 0 Å². The van der Waals surface area contributed by atoms with Gasteiger partial charge in [-0.05, 0) is 23.6 Å². The summed E-state index contributed by atoms with van der Waals surface area (Å²) < 4.78 is 5.15. The number of H-pyrrole nitrogens is 1. The Kier molecular flexibility index (Phi) is 5.83. The van der Waals surface area contributed by atoms with E-state index in [2.05, 4.69) is 10.3 Å². The first-order valence-corrected chi connectivity index (χ1v) is 8.45. The highest BCUT2D eigenvalue weighted by Crippen LogP contribution is 2.14. The quantitative estimate of drug-likeness (QED) is 0.665. The molecule has 1 aromatic heterocycles. The van der Waals surface area contributed by atoms with E-state index in [4.69, 9.17) is 4.74 Å². The van der Waals surface area contributed by atoms with Crippen LogP contribution in [-0.2, 0) is 11.3 Å². The molecule has 3 aromatic rings. The summed E-state index contributed by atoms with van der Waals surface area (Å²) in [6.45, 7) is 0.733. The smallest absolute Gasteiger partial charge is 0.407 e. The Morgan fingerprint density at radius 2 is 1.92 bits per heavy atom. The van der Waals surface area contributed by atoms with Gasteiger partial charge in [0.25, 0.3) is 0 Å². The Bertz CT molecular complexity index is 962. The fourth-order valence-electron chi connectivity index (χ4n) is 2.61. The monoisotopic (exact) mass is 348 g/mol. The number of aromatic nitrogens is 1. The lowest BCUT2D eigenvalue weighted by molar-refractivity contribution is 0.140. The summed E-state index contributed by atoms with van der Waals surface area (Å²) in [6.07, 6.45) is 5.77. The third-order valence-electron chi connectivity index (χ3n) is 3.92. The molecule has 0 radical (unpaired) electrons. The minimum absolute atomic E-state index is 0.00294. The Labute approximate surface area is 151 Å². The standard InChI is InChI=1S/C21H20N2O3/c24-19-12-14-22-20-17(10-6-11-18(19)20)9-4-5-13-23-21(25)26-15-16-7-2-1-3-8-16/h1-4,6-12,14H,5,13,15H2,(H,22,24)(H,23,25). The lowest BCUT2D eigenvalue weighted by Gasteiger charge is -2.06. The highest BCUT2D eigenvalue weighted by atomic mass is 16.5. The predicted octanol–water partition coefficient (Wildman–Crippen LogP) is 3.86. The van der Waals surface area contributed by atoms with Gasteiger partial charge in [0, 0.05) is 24.2 Å². The normalized spacial score (nSPS) is 10.9. The number of benzene rings is 2. The number of alkyl carbamates (subject to hydrolysis) is 1. The topological polar surface area (TPSA) is 71.2 Å². The zero-order valence-electron chi connectivity index (χ0n) is 14.3. The highest BCUT2D eigenvalue weighted by molar-refractivity contribution is 5.86. The number of carbonyl (C=O) groups is 1. The molecule has 1 heterocycles. The summed E-state index contributed by atoms with van der Waals surface area (Å²) in [6, 6.07) is 16.7. The molecule has 5 nitrogen and oxygen atoms in total. The van der Waals surface area contributed by atoms with E-state index in [0.29, 0.717) is 18.4 Å². The maximum absolute atomic E-state index is 11.8. The fraction of sp³-hybridized carbons (Fsp3) is 0.143. The summed E-state index contributed by atoms with van der Waals surface area (Å²) in [5, 5.41) is 3.38. The van der Waals surface area contributed by atoms with Gasteiger partial charge < -0.3 is 15.0 Å². The van der Waals surface area contributed by atoms with E-state index >= 15 is 0 Å². The zero-order valence-corrected chi connectivity index (χ0v) is 14.3. The number of hydrogen-bond donors (Lipinski definition) is 2. The van der Waals surface area contributed by atoms with Gasteiger partial charge in [-0.3, -0.25) is 4.79 Å². The van der Waals surface area contributed by atoms with Gasteiger partial charge in [-0.1, -0.05) is 54.6 Å². The largest absolute Gasteiger partial charge is 0.445 e. The number of rotatable bonds is 6. The maximum atomic E-state index is 11.8. The molecule has 5 heteroatoms. The lowest BCUT2D eigenvalue weighted by Crippen LogP contribution is -2.24. The highest BCUT2D eigenvalue weighted by Gasteiger charge is 2.02. The lowest BCUT2D eigenvalue weighted by atomic mass is 10.1. The van der Waals surface area contributed by atoms with Crippen LogP contribution in [0.2, 0.25) is 0 Å². The number of amides is 1. The molecular weight excluding hydrogens is 328 g/mol. The molecule has 0 atom stereocenters. The van der Waals surface area contributed by atoms with Crippen LogP contribution in [0.3, 0.4) is 0 Å². The van der Waals surface area contributed by atoms with Crippen LogP contribution in [0.4, 0.5) is 4.79 Å². The second kappa shape index (κ2) is 8.67. The average molecular weight is 348 g/mol. The first-order valence-electron chi connectivity index (χ1n) is 8.45. The first-order chi connectivity index (χ1) is 12.7. The second-order valence-electron chi connectivity index (χ2n) is 5.79. The Morgan fingerprint density at radius 3 is 2.77 bits per heavy atom. The van der Waals surface area contributed by atoms with Crippen molar-refractivity contribution in [2.24, 2.45) is 0 Å². The number of fused-ring (bicyclic) bond motifs is 1. The summed E-state index contributed by atoms with van der Waals surface area (Å²) in [7, 11) is 0. The molecule has 2 aromatic carbocycles. The van der Waals surface area contributed by atoms with E-state index in [9.17, 15) is 9.59 Å². The van der Waals surface area contributed by atoms with Crippen LogP contribution < -0.4 is 10.7 Å². The molecule has 3 rings (SSSR count). The van der Waals surface area contributed by atoms with E-state index in [0.717, 1.165) is 16.6 Å². The molecular formula is C21H20N2O3. The molecule has 1 amide bonds. The van der Waals surface area contributed by atoms with E-state index in [1.165, 1.54) is 6.07 Å². The Hall–Kier alpha value is -3.34. The molecule has 0 spiro atoms. The Balaban J connectivity index is 1.47. The fourth-order valence-corrected chi connectivity index (χ4v) is 2.61. The van der Waals surface area contributed by atoms with Crippen molar-refractivity contribution >= 4 is 23.1 Å². The molecule has 0 fully saturated rings. The molecule has 0 saturated heterocycles. The molecule has 2 N–H and O–H groups in total. The summed E-state index contributed by atoms with van der Waals surface area (Å²) in [5.74, 6) is 0. The van der Waals surface area contributed by atoms with Crippen molar-refractivity contribution in [1.29, 1.82) is 0 Å². The SMILES string of the molecule is O=C(NCCC=Cc1cccc2c(=O)cc[nH]c12)OCc1ccccc1. The number of aromatic amines is 1. The number of ether oxygens (including phenoxy) is 1. The van der Waals surface area contributed by atoms with Gasteiger partial charge in [-0.15, -0.1) is 0 Å². The third kappa shape index (κ3) is 4.60. The van der Waals surface area contributed by atoms with E-state index in [-0.39, 0.29) is 12.0 Å². The summed E-state index contributed by atoms with van der Waals surface area (Å²) in [5.41, 5.74) is 2.70. The average Bonchev–Trinajstić information content (AvgIpc) is 2.67. The van der Waals surface area contributed by atoms with Crippen LogP contribution in [0.1, 0.15) is 17.5 Å². The molecule has 132 valence electrons. The van der Waals surface area contributed by atoms with E-state index in [1.54, 1.807) is 12.3 Å². The van der Waals surface area contributed by atoms with Gasteiger partial charge >= 0.3 is 6.09 Å². The zero-order chi connectivity index (χ0) is 18.2. The predicted molar refractivity (Wildman–Crippen MR) is 103 cm³/mol. The van der Waals surface area contributed by atoms with Crippen molar-refractivity contribution in [1.82, 2.24) is 10.3 Å². The van der Waals surface area contributed by atoms with Crippen molar-refractivity contribution in [2.75, 3.05) is 6.54 Å². The number of hydrogen-bond acceptors (Lipinski definition) is 3. The molecule has 0 aliphatic rings. The van der Waals surface area contributed by atoms with Crippen LogP contribution in [0.15, 0.2) is 71.7 Å². The molecule has 0 aliphatic carbocycles. The number of pyridine rings is 1. The Morgan fingerprint density at radius 1 is 1.08 bits per heavy atom. The van der Waals surface area contributed by atoms with Crippen molar-refractivity contribution < 1.29 is 9.53 Å². The molecule has 26 heavy (non-hydrogen) atoms. The van der Waals surface area contributed by atoms with Crippen LogP contribution >= 0.6 is 0 Å². The molecule has 0 aliphatic heterocycles.